The third-order valence-corrected chi connectivity index (χ3v) is 4.03. The number of hydrogen-bond acceptors (Lipinski definition) is 0. The minimum Gasteiger partial charge on any atom is -0.0999 e. The first-order valence-corrected chi connectivity index (χ1v) is 9.32. The first-order valence-electron chi connectivity index (χ1n) is 5.61. The summed E-state index contributed by atoms with van der Waals surface area (Å²) in [5.74, 6) is 0. The van der Waals surface area contributed by atoms with Crippen molar-refractivity contribution in [3.8, 4) is 0 Å². The summed E-state index contributed by atoms with van der Waals surface area (Å²) in [5.41, 5.74) is 2.85. The van der Waals surface area contributed by atoms with Crippen LogP contribution in [-0.4, -0.2) is 8.07 Å². The van der Waals surface area contributed by atoms with E-state index in [2.05, 4.69) is 46.1 Å². The highest BCUT2D eigenvalue weighted by atomic mass is 28.3. The zero-order chi connectivity index (χ0) is 11.2. The van der Waals surface area contributed by atoms with Crippen LogP contribution in [0.15, 0.2) is 23.8 Å². The van der Waals surface area contributed by atoms with Gasteiger partial charge < -0.3 is 0 Å². The molecule has 0 spiro atoms. The topological polar surface area (TPSA) is 0 Å². The SMILES string of the molecule is C=C(CCC=C(C)C)CC[Si](C)(C)C. The summed E-state index contributed by atoms with van der Waals surface area (Å²) in [4.78, 5) is 0. The van der Waals surface area contributed by atoms with Gasteiger partial charge in [-0.1, -0.05) is 49.5 Å². The van der Waals surface area contributed by atoms with Gasteiger partial charge in [-0.3, -0.25) is 0 Å². The molecule has 0 aliphatic rings. The monoisotopic (exact) mass is 210 g/mol. The predicted molar refractivity (Wildman–Crippen MR) is 70.6 cm³/mol. The maximum absolute atomic E-state index is 4.15. The second kappa shape index (κ2) is 6.23. The predicted octanol–water partition coefficient (Wildman–Crippen LogP) is 5.02. The smallest absolute Gasteiger partial charge is 0.0445 e. The van der Waals surface area contributed by atoms with E-state index in [1.807, 2.05) is 0 Å². The summed E-state index contributed by atoms with van der Waals surface area (Å²) in [7, 11) is -0.857. The molecular formula is C13H26Si. The Morgan fingerprint density at radius 2 is 1.71 bits per heavy atom. The van der Waals surface area contributed by atoms with Crippen molar-refractivity contribution in [1.82, 2.24) is 0 Å². The van der Waals surface area contributed by atoms with Crippen LogP contribution in [0.2, 0.25) is 25.7 Å². The zero-order valence-corrected chi connectivity index (χ0v) is 11.6. The van der Waals surface area contributed by atoms with E-state index in [0.717, 1.165) is 0 Å². The Morgan fingerprint density at radius 1 is 1.14 bits per heavy atom. The lowest BCUT2D eigenvalue weighted by Gasteiger charge is -2.16. The van der Waals surface area contributed by atoms with Crippen LogP contribution in [0.1, 0.15) is 33.1 Å². The number of allylic oxidation sites excluding steroid dienone is 3. The molecule has 82 valence electrons. The van der Waals surface area contributed by atoms with Gasteiger partial charge in [-0.15, -0.1) is 0 Å². The molecule has 1 heteroatoms. The van der Waals surface area contributed by atoms with Crippen molar-refractivity contribution in [1.29, 1.82) is 0 Å². The van der Waals surface area contributed by atoms with Crippen molar-refractivity contribution in [2.45, 2.75) is 58.8 Å². The van der Waals surface area contributed by atoms with Gasteiger partial charge in [0, 0.05) is 8.07 Å². The largest absolute Gasteiger partial charge is 0.0999 e. The highest BCUT2D eigenvalue weighted by Gasteiger charge is 2.12. The molecular weight excluding hydrogens is 184 g/mol. The number of hydrogen-bond donors (Lipinski definition) is 0. The summed E-state index contributed by atoms with van der Waals surface area (Å²) < 4.78 is 0. The summed E-state index contributed by atoms with van der Waals surface area (Å²) in [6.07, 6.45) is 5.90. The minimum atomic E-state index is -0.857. The van der Waals surface area contributed by atoms with Crippen LogP contribution in [-0.2, 0) is 0 Å². The van der Waals surface area contributed by atoms with Crippen molar-refractivity contribution in [2.75, 3.05) is 0 Å². The maximum atomic E-state index is 4.15. The van der Waals surface area contributed by atoms with Crippen LogP contribution in [0.5, 0.6) is 0 Å². The molecule has 0 saturated carbocycles. The molecule has 0 aromatic heterocycles. The highest BCUT2D eigenvalue weighted by Crippen LogP contribution is 2.18. The Kier molecular flexibility index (Phi) is 6.10. The Hall–Kier alpha value is -0.303. The molecule has 0 fully saturated rings. The van der Waals surface area contributed by atoms with E-state index in [1.54, 1.807) is 0 Å². The molecule has 0 heterocycles. The zero-order valence-electron chi connectivity index (χ0n) is 10.6. The van der Waals surface area contributed by atoms with Crippen LogP contribution in [0.3, 0.4) is 0 Å². The Balaban J connectivity index is 3.62. The average Bonchev–Trinajstić information content (AvgIpc) is 1.99. The van der Waals surface area contributed by atoms with Crippen molar-refractivity contribution < 1.29 is 0 Å². The molecule has 0 unspecified atom stereocenters. The van der Waals surface area contributed by atoms with E-state index in [4.69, 9.17) is 0 Å². The second-order valence-electron chi connectivity index (χ2n) is 5.63. The van der Waals surface area contributed by atoms with Crippen LogP contribution in [0.25, 0.3) is 0 Å². The lowest BCUT2D eigenvalue weighted by molar-refractivity contribution is 0.899. The van der Waals surface area contributed by atoms with Gasteiger partial charge >= 0.3 is 0 Å². The standard InChI is InChI=1S/C13H26Si/c1-12(2)8-7-9-13(3)10-11-14(4,5)6/h8H,3,7,9-11H2,1-2,4-6H3. The molecule has 0 saturated heterocycles. The lowest BCUT2D eigenvalue weighted by atomic mass is 10.1. The summed E-state index contributed by atoms with van der Waals surface area (Å²) in [6.45, 7) is 15.7. The molecule has 0 radical (unpaired) electrons. The molecule has 0 amide bonds. The summed E-state index contributed by atoms with van der Waals surface area (Å²) >= 11 is 0. The summed E-state index contributed by atoms with van der Waals surface area (Å²) in [6, 6.07) is 1.39. The Morgan fingerprint density at radius 3 is 2.14 bits per heavy atom. The van der Waals surface area contributed by atoms with Crippen LogP contribution >= 0.6 is 0 Å². The van der Waals surface area contributed by atoms with Gasteiger partial charge in [-0.2, -0.15) is 0 Å². The van der Waals surface area contributed by atoms with Gasteiger partial charge in [0.2, 0.25) is 0 Å². The van der Waals surface area contributed by atoms with Gasteiger partial charge in [0.15, 0.2) is 0 Å². The molecule has 0 aliphatic carbocycles. The lowest BCUT2D eigenvalue weighted by Crippen LogP contribution is -2.18. The molecule has 0 aliphatic heterocycles. The quantitative estimate of drug-likeness (QED) is 0.427. The van der Waals surface area contributed by atoms with Crippen molar-refractivity contribution in [3.05, 3.63) is 23.8 Å². The highest BCUT2D eigenvalue weighted by molar-refractivity contribution is 6.76. The van der Waals surface area contributed by atoms with Crippen LogP contribution in [0.4, 0.5) is 0 Å². The van der Waals surface area contributed by atoms with E-state index < -0.39 is 8.07 Å². The fraction of sp³-hybridized carbons (Fsp3) is 0.692. The van der Waals surface area contributed by atoms with E-state index in [9.17, 15) is 0 Å². The van der Waals surface area contributed by atoms with E-state index in [1.165, 1.54) is 36.5 Å². The molecule has 0 atom stereocenters. The molecule has 14 heavy (non-hydrogen) atoms. The average molecular weight is 210 g/mol. The fourth-order valence-corrected chi connectivity index (χ4v) is 2.35. The van der Waals surface area contributed by atoms with Crippen LogP contribution < -0.4 is 0 Å². The van der Waals surface area contributed by atoms with Gasteiger partial charge in [0.05, 0.1) is 0 Å². The number of rotatable bonds is 6. The van der Waals surface area contributed by atoms with Crippen LogP contribution in [0, 0.1) is 0 Å². The second-order valence-corrected chi connectivity index (χ2v) is 11.3. The molecule has 0 aromatic rings. The van der Waals surface area contributed by atoms with Gasteiger partial charge in [0.25, 0.3) is 0 Å². The van der Waals surface area contributed by atoms with Crippen molar-refractivity contribution >= 4 is 8.07 Å². The van der Waals surface area contributed by atoms with E-state index >= 15 is 0 Å². The minimum absolute atomic E-state index is 0.857. The molecule has 0 N–H and O–H groups in total. The first-order chi connectivity index (χ1) is 6.31. The normalized spacial score (nSPS) is 11.2. The van der Waals surface area contributed by atoms with Crippen molar-refractivity contribution in [3.63, 3.8) is 0 Å². The molecule has 0 bridgehead atoms. The van der Waals surface area contributed by atoms with Crippen molar-refractivity contribution in [2.24, 2.45) is 0 Å². The first kappa shape index (κ1) is 13.7. The molecule has 0 rings (SSSR count). The molecule has 0 nitrogen and oxygen atoms in total. The third kappa shape index (κ3) is 9.78. The van der Waals surface area contributed by atoms with E-state index in [-0.39, 0.29) is 0 Å². The van der Waals surface area contributed by atoms with Gasteiger partial charge in [-0.05, 0) is 33.1 Å². The Labute approximate surface area is 91.1 Å². The van der Waals surface area contributed by atoms with Gasteiger partial charge in [0.1, 0.15) is 0 Å². The van der Waals surface area contributed by atoms with Gasteiger partial charge in [-0.25, -0.2) is 0 Å². The molecule has 0 aromatic carbocycles. The van der Waals surface area contributed by atoms with E-state index in [0.29, 0.717) is 0 Å². The maximum Gasteiger partial charge on any atom is 0.0445 e. The Bertz CT molecular complexity index is 202. The third-order valence-electron chi connectivity index (χ3n) is 2.28. The summed E-state index contributed by atoms with van der Waals surface area (Å²) in [5, 5.41) is 0. The fourth-order valence-electron chi connectivity index (χ4n) is 1.24.